The zero-order valence-electron chi connectivity index (χ0n) is 13.3. The molecule has 7 nitrogen and oxygen atoms in total. The predicted octanol–water partition coefficient (Wildman–Crippen LogP) is 1.61. The molecule has 0 saturated heterocycles. The lowest BCUT2D eigenvalue weighted by molar-refractivity contribution is 0.0687. The summed E-state index contributed by atoms with van der Waals surface area (Å²) in [4.78, 5) is 11.5. The molecule has 23 heavy (non-hydrogen) atoms. The second-order valence-electron chi connectivity index (χ2n) is 5.70. The molecule has 0 fully saturated rings. The average molecular weight is 325 g/mol. The van der Waals surface area contributed by atoms with Gasteiger partial charge in [-0.25, -0.2) is 4.79 Å². The summed E-state index contributed by atoms with van der Waals surface area (Å²) in [7, 11) is 1.35. The fourth-order valence-electron chi connectivity index (χ4n) is 2.77. The Morgan fingerprint density at radius 2 is 2.17 bits per heavy atom. The van der Waals surface area contributed by atoms with Crippen LogP contribution in [0, 0.1) is 0 Å². The third-order valence-electron chi connectivity index (χ3n) is 3.88. The van der Waals surface area contributed by atoms with Crippen LogP contribution in [0.2, 0.25) is 6.32 Å². The highest BCUT2D eigenvalue weighted by Gasteiger charge is 2.38. The van der Waals surface area contributed by atoms with Gasteiger partial charge >= 0.3 is 12.7 Å². The molecule has 8 heteroatoms. The van der Waals surface area contributed by atoms with E-state index in [9.17, 15) is 19.9 Å². The Kier molecular flexibility index (Phi) is 5.51. The Balaban J connectivity index is 2.36. The van der Waals surface area contributed by atoms with E-state index in [1.54, 1.807) is 12.1 Å². The Morgan fingerprint density at radius 3 is 2.78 bits per heavy atom. The monoisotopic (exact) mass is 325 g/mol. The van der Waals surface area contributed by atoms with Crippen molar-refractivity contribution in [1.82, 2.24) is 0 Å². The van der Waals surface area contributed by atoms with Crippen LogP contribution >= 0.6 is 0 Å². The molecule has 0 saturated carbocycles. The number of carboxylic acids is 1. The predicted molar refractivity (Wildman–Crippen MR) is 84.0 cm³/mol. The van der Waals surface area contributed by atoms with Gasteiger partial charge in [-0.2, -0.15) is 0 Å². The summed E-state index contributed by atoms with van der Waals surface area (Å²) in [6, 6.07) is 3.22. The molecule has 1 aliphatic heterocycles. The lowest BCUT2D eigenvalue weighted by atomic mass is 9.65. The molecule has 1 atom stereocenters. The lowest BCUT2D eigenvalue weighted by Crippen LogP contribution is -2.47. The molecular formula is C15H22BO7-. The summed E-state index contributed by atoms with van der Waals surface area (Å²) in [6.45, 7) is -0.245. The van der Waals surface area contributed by atoms with Crippen molar-refractivity contribution in [2.24, 2.45) is 0 Å². The normalized spacial score (nSPS) is 18.9. The maximum Gasteiger partial charge on any atom is 0.431 e. The fraction of sp³-hybridized carbons (Fsp3) is 0.533. The van der Waals surface area contributed by atoms with Crippen molar-refractivity contribution in [2.75, 3.05) is 20.3 Å². The minimum atomic E-state index is -3.14. The quantitative estimate of drug-likeness (QED) is 0.516. The molecule has 2 rings (SSSR count). The van der Waals surface area contributed by atoms with Gasteiger partial charge in [-0.15, -0.1) is 0 Å². The number of aromatic carboxylic acids is 1. The van der Waals surface area contributed by atoms with E-state index in [1.807, 2.05) is 6.92 Å². The first-order valence-electron chi connectivity index (χ1n) is 7.70. The van der Waals surface area contributed by atoms with Crippen LogP contribution in [-0.4, -0.2) is 48.2 Å². The highest BCUT2D eigenvalue weighted by atomic mass is 16.6. The van der Waals surface area contributed by atoms with Gasteiger partial charge in [0.2, 0.25) is 0 Å². The summed E-state index contributed by atoms with van der Waals surface area (Å²) in [6.07, 6.45) is 1.87. The zero-order chi connectivity index (χ0) is 17.0. The van der Waals surface area contributed by atoms with E-state index in [-0.39, 0.29) is 35.9 Å². The standard InChI is InChI=1S/C15H22BO7/c1-3-4-7-22-9-10-8-16(19,20)23-14-11(10)5-6-12(21-2)13(14)15(17)18/h5-6,10,19-20H,3-4,7-9H2,1-2H3,(H,17,18)/q-1. The molecule has 1 heterocycles. The Labute approximate surface area is 134 Å². The summed E-state index contributed by atoms with van der Waals surface area (Å²) < 4.78 is 15.8. The molecule has 0 bridgehead atoms. The lowest BCUT2D eigenvalue weighted by Gasteiger charge is -2.41. The van der Waals surface area contributed by atoms with E-state index < -0.39 is 12.7 Å². The second kappa shape index (κ2) is 7.20. The van der Waals surface area contributed by atoms with Crippen LogP contribution in [0.25, 0.3) is 0 Å². The van der Waals surface area contributed by atoms with E-state index in [0.717, 1.165) is 12.8 Å². The molecule has 128 valence electrons. The van der Waals surface area contributed by atoms with Crippen molar-refractivity contribution in [1.29, 1.82) is 0 Å². The molecule has 0 aromatic heterocycles. The topological polar surface area (TPSA) is 105 Å². The van der Waals surface area contributed by atoms with Gasteiger partial charge in [-0.1, -0.05) is 25.7 Å². The van der Waals surface area contributed by atoms with Gasteiger partial charge in [0.15, 0.2) is 0 Å². The Morgan fingerprint density at radius 1 is 1.43 bits per heavy atom. The first kappa shape index (κ1) is 17.6. The molecule has 1 aromatic rings. The first-order valence-corrected chi connectivity index (χ1v) is 7.70. The third-order valence-corrected chi connectivity index (χ3v) is 3.88. The van der Waals surface area contributed by atoms with Crippen LogP contribution in [0.3, 0.4) is 0 Å². The van der Waals surface area contributed by atoms with E-state index in [0.29, 0.717) is 12.2 Å². The van der Waals surface area contributed by atoms with Gasteiger partial charge in [-0.3, -0.25) is 0 Å². The summed E-state index contributed by atoms with van der Waals surface area (Å²) in [5, 5.41) is 29.3. The highest BCUT2D eigenvalue weighted by molar-refractivity contribution is 6.59. The summed E-state index contributed by atoms with van der Waals surface area (Å²) in [5.41, 5.74) is 0.373. The zero-order valence-corrected chi connectivity index (χ0v) is 13.3. The number of carbonyl (C=O) groups is 1. The van der Waals surface area contributed by atoms with Gasteiger partial charge in [-0.05, 0) is 24.0 Å². The van der Waals surface area contributed by atoms with Crippen molar-refractivity contribution in [3.8, 4) is 11.5 Å². The number of carboxylic acid groups (broad SMARTS) is 1. The number of hydrogen-bond donors (Lipinski definition) is 3. The van der Waals surface area contributed by atoms with Gasteiger partial charge < -0.3 is 29.3 Å². The SMILES string of the molecule is CCCCOCC1C[B-](O)(O)Oc2c1ccc(OC)c2C(=O)O. The molecule has 1 unspecified atom stereocenters. The molecule has 0 radical (unpaired) electrons. The number of ether oxygens (including phenoxy) is 2. The number of methoxy groups -OCH3 is 1. The van der Waals surface area contributed by atoms with Crippen molar-refractivity contribution in [3.05, 3.63) is 23.3 Å². The van der Waals surface area contributed by atoms with Crippen molar-refractivity contribution in [2.45, 2.75) is 32.0 Å². The Hall–Kier alpha value is -1.77. The van der Waals surface area contributed by atoms with Gasteiger partial charge in [0, 0.05) is 6.61 Å². The van der Waals surface area contributed by atoms with E-state index in [4.69, 9.17) is 14.1 Å². The molecular weight excluding hydrogens is 303 g/mol. The molecule has 1 aliphatic rings. The van der Waals surface area contributed by atoms with Gasteiger partial charge in [0.25, 0.3) is 0 Å². The molecule has 0 spiro atoms. The number of benzene rings is 1. The van der Waals surface area contributed by atoms with Gasteiger partial charge in [0.1, 0.15) is 11.3 Å². The van der Waals surface area contributed by atoms with Crippen LogP contribution in [0.5, 0.6) is 11.5 Å². The first-order chi connectivity index (χ1) is 10.9. The van der Waals surface area contributed by atoms with Crippen molar-refractivity contribution >= 4 is 12.7 Å². The van der Waals surface area contributed by atoms with Crippen LogP contribution < -0.4 is 9.39 Å². The fourth-order valence-corrected chi connectivity index (χ4v) is 2.77. The smallest absolute Gasteiger partial charge is 0.431 e. The van der Waals surface area contributed by atoms with Crippen LogP contribution in [0.15, 0.2) is 12.1 Å². The van der Waals surface area contributed by atoms with Crippen molar-refractivity contribution in [3.63, 3.8) is 0 Å². The van der Waals surface area contributed by atoms with E-state index >= 15 is 0 Å². The van der Waals surface area contributed by atoms with Crippen LogP contribution in [0.1, 0.15) is 41.6 Å². The maximum atomic E-state index is 11.5. The largest absolute Gasteiger partial charge is 0.669 e. The average Bonchev–Trinajstić information content (AvgIpc) is 2.48. The minimum Gasteiger partial charge on any atom is -0.669 e. The Bertz CT molecular complexity index is 573. The molecule has 0 amide bonds. The maximum absolute atomic E-state index is 11.5. The van der Waals surface area contributed by atoms with Gasteiger partial charge in [0.05, 0.1) is 19.5 Å². The van der Waals surface area contributed by atoms with Crippen LogP contribution in [-0.2, 0) is 4.74 Å². The highest BCUT2D eigenvalue weighted by Crippen LogP contribution is 2.43. The molecule has 0 aliphatic carbocycles. The number of fused-ring (bicyclic) bond motifs is 1. The number of hydrogen-bond acceptors (Lipinski definition) is 6. The molecule has 1 aromatic carbocycles. The van der Waals surface area contributed by atoms with Crippen LogP contribution in [0.4, 0.5) is 0 Å². The summed E-state index contributed by atoms with van der Waals surface area (Å²) >= 11 is 0. The molecule has 3 N–H and O–H groups in total. The van der Waals surface area contributed by atoms with E-state index in [1.165, 1.54) is 7.11 Å². The van der Waals surface area contributed by atoms with Crippen molar-refractivity contribution < 1.29 is 34.1 Å². The minimum absolute atomic E-state index is 0.0372. The third kappa shape index (κ3) is 3.96. The number of rotatable bonds is 7. The second-order valence-corrected chi connectivity index (χ2v) is 5.70. The van der Waals surface area contributed by atoms with E-state index in [2.05, 4.69) is 0 Å². The summed E-state index contributed by atoms with van der Waals surface area (Å²) in [5.74, 6) is -1.56. The number of unbranched alkanes of at least 4 members (excludes halogenated alkanes) is 1.